The van der Waals surface area contributed by atoms with Gasteiger partial charge in [-0.25, -0.2) is 0 Å². The molecule has 0 aromatic heterocycles. The summed E-state index contributed by atoms with van der Waals surface area (Å²) in [4.78, 5) is 21.4. The maximum Gasteiger partial charge on any atom is 0.293 e. The van der Waals surface area contributed by atoms with Crippen molar-refractivity contribution in [3.05, 3.63) is 33.9 Å². The Hall–Kier alpha value is -1.91. The van der Waals surface area contributed by atoms with Crippen molar-refractivity contribution in [1.82, 2.24) is 0 Å². The highest BCUT2D eigenvalue weighted by atomic mass is 16.6. The normalized spacial score (nSPS) is 9.88. The maximum absolute atomic E-state index is 11.1. The van der Waals surface area contributed by atoms with E-state index in [0.717, 1.165) is 6.42 Å². The van der Waals surface area contributed by atoms with Crippen LogP contribution in [-0.4, -0.2) is 17.3 Å². The fourth-order valence-corrected chi connectivity index (χ4v) is 1.31. The summed E-state index contributed by atoms with van der Waals surface area (Å²) in [7, 11) is 0. The number of benzene rings is 1. The van der Waals surface area contributed by atoms with Crippen LogP contribution >= 0.6 is 0 Å². The van der Waals surface area contributed by atoms with Gasteiger partial charge in [0.25, 0.3) is 5.69 Å². The number of nitro groups is 1. The van der Waals surface area contributed by atoms with E-state index in [1.807, 2.05) is 6.92 Å². The van der Waals surface area contributed by atoms with Crippen molar-refractivity contribution in [2.45, 2.75) is 20.3 Å². The van der Waals surface area contributed by atoms with Crippen molar-refractivity contribution in [1.29, 1.82) is 0 Å². The molecule has 1 rings (SSSR count). The van der Waals surface area contributed by atoms with E-state index in [1.165, 1.54) is 13.0 Å². The van der Waals surface area contributed by atoms with E-state index in [0.29, 0.717) is 17.8 Å². The molecule has 0 atom stereocenters. The summed E-state index contributed by atoms with van der Waals surface area (Å²) in [5, 5.41) is 13.8. The molecule has 5 nitrogen and oxygen atoms in total. The lowest BCUT2D eigenvalue weighted by Gasteiger charge is -2.06. The maximum atomic E-state index is 11.1. The Kier molecular flexibility index (Phi) is 3.99. The van der Waals surface area contributed by atoms with Gasteiger partial charge in [-0.1, -0.05) is 6.92 Å². The zero-order valence-corrected chi connectivity index (χ0v) is 9.32. The Bertz CT molecular complexity index is 416. The quantitative estimate of drug-likeness (QED) is 0.472. The van der Waals surface area contributed by atoms with Crippen LogP contribution in [0.5, 0.6) is 0 Å². The van der Waals surface area contributed by atoms with Gasteiger partial charge in [-0.05, 0) is 25.5 Å². The molecule has 0 aliphatic carbocycles. The number of nitrogens with one attached hydrogen (secondary N) is 1. The fourth-order valence-electron chi connectivity index (χ4n) is 1.31. The van der Waals surface area contributed by atoms with Crippen molar-refractivity contribution >= 4 is 17.2 Å². The Balaban J connectivity index is 3.09. The standard InChI is InChI=1S/C11H14N2O3/c1-3-6-12-10-5-4-9(8(2)14)7-11(10)13(15)16/h4-5,7,12H,3,6H2,1-2H3. The Morgan fingerprint density at radius 2 is 2.19 bits per heavy atom. The third-order valence-electron chi connectivity index (χ3n) is 2.17. The Morgan fingerprint density at radius 1 is 1.50 bits per heavy atom. The third-order valence-corrected chi connectivity index (χ3v) is 2.17. The second-order valence-corrected chi connectivity index (χ2v) is 3.47. The highest BCUT2D eigenvalue weighted by Gasteiger charge is 2.15. The number of carbonyl (C=O) groups is 1. The zero-order valence-electron chi connectivity index (χ0n) is 9.32. The van der Waals surface area contributed by atoms with E-state index in [-0.39, 0.29) is 11.5 Å². The summed E-state index contributed by atoms with van der Waals surface area (Å²) in [5.41, 5.74) is 0.756. The summed E-state index contributed by atoms with van der Waals surface area (Å²) in [6, 6.07) is 4.47. The lowest BCUT2D eigenvalue weighted by atomic mass is 10.1. The first-order valence-electron chi connectivity index (χ1n) is 5.09. The van der Waals surface area contributed by atoms with Crippen molar-refractivity contribution < 1.29 is 9.72 Å². The Morgan fingerprint density at radius 3 is 2.69 bits per heavy atom. The number of nitro benzene ring substituents is 1. The highest BCUT2D eigenvalue weighted by Crippen LogP contribution is 2.25. The molecular weight excluding hydrogens is 208 g/mol. The largest absolute Gasteiger partial charge is 0.380 e. The molecule has 0 amide bonds. The number of rotatable bonds is 5. The molecule has 0 unspecified atom stereocenters. The van der Waals surface area contributed by atoms with Crippen molar-refractivity contribution in [3.63, 3.8) is 0 Å². The molecule has 0 fully saturated rings. The van der Waals surface area contributed by atoms with E-state index in [9.17, 15) is 14.9 Å². The van der Waals surface area contributed by atoms with E-state index in [4.69, 9.17) is 0 Å². The van der Waals surface area contributed by atoms with Gasteiger partial charge in [0.1, 0.15) is 5.69 Å². The molecule has 16 heavy (non-hydrogen) atoms. The van der Waals surface area contributed by atoms with Crippen LogP contribution in [0.25, 0.3) is 0 Å². The highest BCUT2D eigenvalue weighted by molar-refractivity contribution is 5.95. The topological polar surface area (TPSA) is 72.2 Å². The van der Waals surface area contributed by atoms with Crippen molar-refractivity contribution in [2.75, 3.05) is 11.9 Å². The molecule has 86 valence electrons. The van der Waals surface area contributed by atoms with Crippen LogP contribution in [0.15, 0.2) is 18.2 Å². The van der Waals surface area contributed by atoms with Crippen molar-refractivity contribution in [2.24, 2.45) is 0 Å². The van der Waals surface area contributed by atoms with Gasteiger partial charge in [-0.2, -0.15) is 0 Å². The van der Waals surface area contributed by atoms with Gasteiger partial charge in [0.15, 0.2) is 5.78 Å². The predicted octanol–water partition coefficient (Wildman–Crippen LogP) is 2.62. The summed E-state index contributed by atoms with van der Waals surface area (Å²) in [6.45, 7) is 4.03. The number of nitrogens with zero attached hydrogens (tertiary/aromatic N) is 1. The van der Waals surface area contributed by atoms with Crippen LogP contribution in [0.1, 0.15) is 30.6 Å². The molecule has 0 aliphatic heterocycles. The third kappa shape index (κ3) is 2.79. The van der Waals surface area contributed by atoms with Crippen LogP contribution < -0.4 is 5.32 Å². The lowest BCUT2D eigenvalue weighted by molar-refractivity contribution is -0.384. The summed E-state index contributed by atoms with van der Waals surface area (Å²) in [6.07, 6.45) is 0.881. The second-order valence-electron chi connectivity index (χ2n) is 3.47. The molecular formula is C11H14N2O3. The first kappa shape index (κ1) is 12.2. The first-order valence-corrected chi connectivity index (χ1v) is 5.09. The molecule has 0 heterocycles. The minimum absolute atomic E-state index is 0.0545. The summed E-state index contributed by atoms with van der Waals surface area (Å²) < 4.78 is 0. The summed E-state index contributed by atoms with van der Waals surface area (Å²) in [5.74, 6) is -0.176. The molecule has 5 heteroatoms. The molecule has 0 saturated carbocycles. The van der Waals surface area contributed by atoms with Gasteiger partial charge in [-0.3, -0.25) is 14.9 Å². The van der Waals surface area contributed by atoms with Gasteiger partial charge in [0, 0.05) is 18.2 Å². The van der Waals surface area contributed by atoms with E-state index in [2.05, 4.69) is 5.32 Å². The van der Waals surface area contributed by atoms with E-state index >= 15 is 0 Å². The van der Waals surface area contributed by atoms with Crippen LogP contribution in [-0.2, 0) is 0 Å². The minimum Gasteiger partial charge on any atom is -0.380 e. The molecule has 0 aliphatic rings. The first-order chi connectivity index (χ1) is 7.56. The molecule has 0 spiro atoms. The lowest BCUT2D eigenvalue weighted by Crippen LogP contribution is -2.04. The number of carbonyl (C=O) groups excluding carboxylic acids is 1. The van der Waals surface area contributed by atoms with Gasteiger partial charge in [0.2, 0.25) is 0 Å². The number of hydrogen-bond acceptors (Lipinski definition) is 4. The summed E-state index contributed by atoms with van der Waals surface area (Å²) >= 11 is 0. The number of ketones is 1. The number of anilines is 1. The molecule has 0 saturated heterocycles. The van der Waals surface area contributed by atoms with Gasteiger partial charge < -0.3 is 5.32 Å². The number of Topliss-reactive ketones (excluding diaryl/α,β-unsaturated/α-hetero) is 1. The SMILES string of the molecule is CCCNc1ccc(C(C)=O)cc1[N+](=O)[O-]. The van der Waals surface area contributed by atoms with E-state index in [1.54, 1.807) is 12.1 Å². The molecule has 1 aromatic carbocycles. The second kappa shape index (κ2) is 5.25. The molecule has 1 aromatic rings. The molecule has 1 N–H and O–H groups in total. The van der Waals surface area contributed by atoms with Gasteiger partial charge >= 0.3 is 0 Å². The zero-order chi connectivity index (χ0) is 12.1. The van der Waals surface area contributed by atoms with Crippen LogP contribution in [0.3, 0.4) is 0 Å². The minimum atomic E-state index is -0.482. The molecule has 0 bridgehead atoms. The molecule has 0 radical (unpaired) electrons. The monoisotopic (exact) mass is 222 g/mol. The average molecular weight is 222 g/mol. The average Bonchev–Trinajstić information content (AvgIpc) is 2.25. The van der Waals surface area contributed by atoms with Gasteiger partial charge in [0.05, 0.1) is 4.92 Å². The Labute approximate surface area is 93.6 Å². The van der Waals surface area contributed by atoms with Crippen LogP contribution in [0.2, 0.25) is 0 Å². The number of hydrogen-bond donors (Lipinski definition) is 1. The fraction of sp³-hybridized carbons (Fsp3) is 0.364. The van der Waals surface area contributed by atoms with Gasteiger partial charge in [-0.15, -0.1) is 0 Å². The van der Waals surface area contributed by atoms with Crippen molar-refractivity contribution in [3.8, 4) is 0 Å². The predicted molar refractivity (Wildman–Crippen MR) is 61.9 cm³/mol. The smallest absolute Gasteiger partial charge is 0.293 e. The van der Waals surface area contributed by atoms with E-state index < -0.39 is 4.92 Å². The van der Waals surface area contributed by atoms with Crippen LogP contribution in [0.4, 0.5) is 11.4 Å². The van der Waals surface area contributed by atoms with Crippen LogP contribution in [0, 0.1) is 10.1 Å².